The van der Waals surface area contributed by atoms with Gasteiger partial charge in [0.25, 0.3) is 0 Å². The fourth-order valence-corrected chi connectivity index (χ4v) is 1.13. The lowest BCUT2D eigenvalue weighted by atomic mass is 10.2. The monoisotopic (exact) mass is 253 g/mol. The third-order valence-electron chi connectivity index (χ3n) is 1.76. The third kappa shape index (κ3) is 3.39. The van der Waals surface area contributed by atoms with Crippen LogP contribution >= 0.6 is 15.9 Å². The first-order chi connectivity index (χ1) is 6.76. The summed E-state index contributed by atoms with van der Waals surface area (Å²) in [6, 6.07) is 9.28. The Morgan fingerprint density at radius 1 is 1.57 bits per heavy atom. The Balaban J connectivity index is 2.55. The highest BCUT2D eigenvalue weighted by Gasteiger charge is 2.01. The van der Waals surface area contributed by atoms with Crippen molar-refractivity contribution in [2.75, 3.05) is 11.9 Å². The van der Waals surface area contributed by atoms with Crippen LogP contribution in [-0.4, -0.2) is 11.9 Å². The van der Waals surface area contributed by atoms with E-state index in [-0.39, 0.29) is 0 Å². The fourth-order valence-electron chi connectivity index (χ4n) is 0.938. The lowest BCUT2D eigenvalue weighted by molar-refractivity contribution is 0.274. The van der Waals surface area contributed by atoms with E-state index in [1.54, 1.807) is 12.1 Å². The van der Waals surface area contributed by atoms with Crippen molar-refractivity contribution in [1.29, 1.82) is 5.26 Å². The van der Waals surface area contributed by atoms with Gasteiger partial charge < -0.3 is 4.74 Å². The Morgan fingerprint density at radius 2 is 2.36 bits per heavy atom. The largest absolute Gasteiger partial charge is 0.493 e. The van der Waals surface area contributed by atoms with E-state index in [1.165, 1.54) is 0 Å². The predicted octanol–water partition coefficient (Wildman–Crippen LogP) is 2.97. The van der Waals surface area contributed by atoms with Crippen molar-refractivity contribution in [3.63, 3.8) is 0 Å². The van der Waals surface area contributed by atoms with E-state index in [1.807, 2.05) is 12.1 Å². The summed E-state index contributed by atoms with van der Waals surface area (Å²) in [7, 11) is 0. The molecule has 0 aliphatic rings. The van der Waals surface area contributed by atoms with E-state index in [2.05, 4.69) is 28.9 Å². The van der Waals surface area contributed by atoms with Crippen LogP contribution in [-0.2, 0) is 0 Å². The smallest absolute Gasteiger partial charge is 0.120 e. The van der Waals surface area contributed by atoms with Crippen molar-refractivity contribution in [3.8, 4) is 11.8 Å². The van der Waals surface area contributed by atoms with Crippen LogP contribution in [0.4, 0.5) is 0 Å². The van der Waals surface area contributed by atoms with Gasteiger partial charge in [-0.2, -0.15) is 5.26 Å². The molecule has 0 saturated carbocycles. The molecule has 1 rings (SSSR count). The van der Waals surface area contributed by atoms with Gasteiger partial charge in [0.2, 0.25) is 0 Å². The highest BCUT2D eigenvalue weighted by Crippen LogP contribution is 2.13. The number of nitrogens with zero attached hydrogens (tertiary/aromatic N) is 1. The molecule has 1 aromatic rings. The maximum atomic E-state index is 8.67. The zero-order chi connectivity index (χ0) is 10.4. The minimum atomic E-state index is 0.473. The minimum Gasteiger partial charge on any atom is -0.493 e. The Bertz CT molecular complexity index is 332. The Kier molecular flexibility index (Phi) is 4.48. The van der Waals surface area contributed by atoms with Crippen LogP contribution in [0.15, 0.2) is 24.3 Å². The van der Waals surface area contributed by atoms with Gasteiger partial charge in [-0.05, 0) is 24.1 Å². The topological polar surface area (TPSA) is 33.0 Å². The first-order valence-electron chi connectivity index (χ1n) is 4.45. The quantitative estimate of drug-likeness (QED) is 0.774. The molecule has 0 aliphatic heterocycles. The molecule has 0 aromatic heterocycles. The second-order valence-electron chi connectivity index (χ2n) is 3.21. The summed E-state index contributed by atoms with van der Waals surface area (Å²) in [5.41, 5.74) is 0.633. The number of nitriles is 1. The van der Waals surface area contributed by atoms with Crippen molar-refractivity contribution >= 4 is 15.9 Å². The number of rotatable bonds is 4. The van der Waals surface area contributed by atoms with E-state index < -0.39 is 0 Å². The van der Waals surface area contributed by atoms with Crippen LogP contribution in [0.1, 0.15) is 12.5 Å². The molecule has 0 heterocycles. The number of ether oxygens (including phenoxy) is 1. The summed E-state index contributed by atoms with van der Waals surface area (Å²) in [5, 5.41) is 9.59. The summed E-state index contributed by atoms with van der Waals surface area (Å²) < 4.78 is 5.52. The van der Waals surface area contributed by atoms with Crippen molar-refractivity contribution < 1.29 is 4.74 Å². The number of benzene rings is 1. The summed E-state index contributed by atoms with van der Waals surface area (Å²) in [6.45, 7) is 2.77. The summed E-state index contributed by atoms with van der Waals surface area (Å²) in [6.07, 6.45) is 0. The Labute approximate surface area is 92.6 Å². The molecular formula is C11H12BrNO. The van der Waals surface area contributed by atoms with E-state index in [0.29, 0.717) is 18.1 Å². The van der Waals surface area contributed by atoms with Crippen LogP contribution in [0.25, 0.3) is 0 Å². The molecule has 1 aromatic carbocycles. The Morgan fingerprint density at radius 3 is 3.00 bits per heavy atom. The van der Waals surface area contributed by atoms with Crippen molar-refractivity contribution in [2.24, 2.45) is 5.92 Å². The second-order valence-corrected chi connectivity index (χ2v) is 3.86. The number of hydrogen-bond donors (Lipinski definition) is 0. The standard InChI is InChI=1S/C11H12BrNO/c1-9(6-12)8-14-11-4-2-3-10(5-11)7-13/h2-5,9H,6,8H2,1H3. The molecule has 0 bridgehead atoms. The lowest BCUT2D eigenvalue weighted by Gasteiger charge is -2.09. The molecule has 0 saturated heterocycles. The molecule has 0 radical (unpaired) electrons. The van der Waals surface area contributed by atoms with E-state index in [9.17, 15) is 0 Å². The highest BCUT2D eigenvalue weighted by molar-refractivity contribution is 9.09. The van der Waals surface area contributed by atoms with Crippen molar-refractivity contribution in [3.05, 3.63) is 29.8 Å². The second kappa shape index (κ2) is 5.66. The zero-order valence-corrected chi connectivity index (χ0v) is 9.62. The van der Waals surface area contributed by atoms with Gasteiger partial charge in [0, 0.05) is 5.33 Å². The molecule has 3 heteroatoms. The minimum absolute atomic E-state index is 0.473. The van der Waals surface area contributed by atoms with Gasteiger partial charge >= 0.3 is 0 Å². The molecule has 0 fully saturated rings. The molecule has 14 heavy (non-hydrogen) atoms. The van der Waals surface area contributed by atoms with Crippen LogP contribution < -0.4 is 4.74 Å². The summed E-state index contributed by atoms with van der Waals surface area (Å²) in [5.74, 6) is 1.23. The fraction of sp³-hybridized carbons (Fsp3) is 0.364. The lowest BCUT2D eigenvalue weighted by Crippen LogP contribution is -2.09. The van der Waals surface area contributed by atoms with Crippen molar-refractivity contribution in [1.82, 2.24) is 0 Å². The van der Waals surface area contributed by atoms with Crippen LogP contribution in [0.5, 0.6) is 5.75 Å². The molecule has 1 unspecified atom stereocenters. The SMILES string of the molecule is CC(CBr)COc1cccc(C#N)c1. The van der Waals surface area contributed by atoms with E-state index in [0.717, 1.165) is 11.1 Å². The van der Waals surface area contributed by atoms with Gasteiger partial charge in [0.05, 0.1) is 18.2 Å². The number of hydrogen-bond acceptors (Lipinski definition) is 2. The van der Waals surface area contributed by atoms with Gasteiger partial charge in [-0.3, -0.25) is 0 Å². The molecule has 0 aliphatic carbocycles. The molecule has 1 atom stereocenters. The molecular weight excluding hydrogens is 242 g/mol. The normalized spacial score (nSPS) is 11.8. The molecule has 0 N–H and O–H groups in total. The Hall–Kier alpha value is -1.01. The van der Waals surface area contributed by atoms with Crippen LogP contribution in [0.3, 0.4) is 0 Å². The van der Waals surface area contributed by atoms with Crippen LogP contribution in [0.2, 0.25) is 0 Å². The molecule has 74 valence electrons. The van der Waals surface area contributed by atoms with Gasteiger partial charge in [-0.1, -0.05) is 28.9 Å². The van der Waals surface area contributed by atoms with Gasteiger partial charge in [-0.15, -0.1) is 0 Å². The van der Waals surface area contributed by atoms with Crippen molar-refractivity contribution in [2.45, 2.75) is 6.92 Å². The van der Waals surface area contributed by atoms with Crippen LogP contribution in [0, 0.1) is 17.2 Å². The van der Waals surface area contributed by atoms with Gasteiger partial charge in [0.15, 0.2) is 0 Å². The van der Waals surface area contributed by atoms with Gasteiger partial charge in [0.1, 0.15) is 5.75 Å². The van der Waals surface area contributed by atoms with Gasteiger partial charge in [-0.25, -0.2) is 0 Å². The predicted molar refractivity (Wildman–Crippen MR) is 59.6 cm³/mol. The average molecular weight is 254 g/mol. The third-order valence-corrected chi connectivity index (χ3v) is 2.87. The summed E-state index contributed by atoms with van der Waals surface area (Å²) in [4.78, 5) is 0. The maximum Gasteiger partial charge on any atom is 0.120 e. The molecule has 2 nitrogen and oxygen atoms in total. The molecule has 0 amide bonds. The number of halogens is 1. The van der Waals surface area contributed by atoms with E-state index >= 15 is 0 Å². The average Bonchev–Trinajstić information content (AvgIpc) is 2.26. The number of alkyl halides is 1. The highest BCUT2D eigenvalue weighted by atomic mass is 79.9. The molecule has 0 spiro atoms. The first kappa shape index (κ1) is 11.1. The zero-order valence-electron chi connectivity index (χ0n) is 8.03. The first-order valence-corrected chi connectivity index (χ1v) is 5.57. The van der Waals surface area contributed by atoms with E-state index in [4.69, 9.17) is 10.00 Å². The summed E-state index contributed by atoms with van der Waals surface area (Å²) >= 11 is 3.38. The maximum absolute atomic E-state index is 8.67.